The highest BCUT2D eigenvalue weighted by Crippen LogP contribution is 2.25. The molecule has 2 aromatic rings. The van der Waals surface area contributed by atoms with E-state index in [4.69, 9.17) is 0 Å². The van der Waals surface area contributed by atoms with Gasteiger partial charge in [-0.3, -0.25) is 0 Å². The Bertz CT molecular complexity index is 466. The van der Waals surface area contributed by atoms with Gasteiger partial charge in [0.2, 0.25) is 0 Å². The van der Waals surface area contributed by atoms with Crippen LogP contribution in [0.15, 0.2) is 22.1 Å². The molecule has 2 heterocycles. The maximum atomic E-state index is 4.15. The molecule has 3 nitrogen and oxygen atoms in total. The molecule has 0 aromatic carbocycles. The van der Waals surface area contributed by atoms with Crippen LogP contribution in [0.5, 0.6) is 0 Å². The number of hydrogen-bond acceptors (Lipinski definition) is 3. The lowest BCUT2D eigenvalue weighted by atomic mass is 10.3. The lowest BCUT2D eigenvalue weighted by molar-refractivity contribution is 0.654. The molecule has 0 bridgehead atoms. The van der Waals surface area contributed by atoms with Crippen LogP contribution < -0.4 is 0 Å². The summed E-state index contributed by atoms with van der Waals surface area (Å²) in [4.78, 5) is 1.56. The number of rotatable bonds is 4. The van der Waals surface area contributed by atoms with Crippen LogP contribution in [0.3, 0.4) is 0 Å². The third-order valence-corrected chi connectivity index (χ3v) is 5.26. The summed E-state index contributed by atoms with van der Waals surface area (Å²) in [6.07, 6.45) is 3.01. The average Bonchev–Trinajstić information content (AvgIpc) is 2.89. The van der Waals surface area contributed by atoms with Crippen molar-refractivity contribution in [3.8, 4) is 0 Å². The first-order valence-corrected chi connectivity index (χ1v) is 7.55. The zero-order chi connectivity index (χ0) is 11.5. The molecule has 1 atom stereocenters. The van der Waals surface area contributed by atoms with Crippen LogP contribution in [-0.4, -0.2) is 15.0 Å². The van der Waals surface area contributed by atoms with Crippen LogP contribution in [0.4, 0.5) is 0 Å². The van der Waals surface area contributed by atoms with Crippen LogP contribution in [0.2, 0.25) is 0 Å². The SMILES string of the molecule is CCC(Br)c1cn(Cc2sccc2Br)nn1. The van der Waals surface area contributed by atoms with E-state index in [-0.39, 0.29) is 0 Å². The third-order valence-electron chi connectivity index (χ3n) is 2.23. The molecule has 6 heteroatoms. The van der Waals surface area contributed by atoms with Crippen molar-refractivity contribution in [1.29, 1.82) is 0 Å². The fourth-order valence-corrected chi connectivity index (χ4v) is 3.01. The Morgan fingerprint density at radius 2 is 2.38 bits per heavy atom. The quantitative estimate of drug-likeness (QED) is 0.767. The molecule has 16 heavy (non-hydrogen) atoms. The van der Waals surface area contributed by atoms with Gasteiger partial charge in [-0.2, -0.15) is 0 Å². The third kappa shape index (κ3) is 2.73. The van der Waals surface area contributed by atoms with E-state index in [0.29, 0.717) is 4.83 Å². The second kappa shape index (κ2) is 5.42. The van der Waals surface area contributed by atoms with Crippen LogP contribution in [-0.2, 0) is 6.54 Å². The summed E-state index contributed by atoms with van der Waals surface area (Å²) in [5.74, 6) is 0. The summed E-state index contributed by atoms with van der Waals surface area (Å²) in [5, 5.41) is 10.3. The minimum Gasteiger partial charge on any atom is -0.247 e. The number of nitrogens with zero attached hydrogens (tertiary/aromatic N) is 3. The summed E-state index contributed by atoms with van der Waals surface area (Å²) in [7, 11) is 0. The predicted octanol–water partition coefficient (Wildman–Crippen LogP) is 4.00. The number of alkyl halides is 1. The van der Waals surface area contributed by atoms with Crippen molar-refractivity contribution in [1.82, 2.24) is 15.0 Å². The van der Waals surface area contributed by atoms with E-state index in [2.05, 4.69) is 60.5 Å². The summed E-state index contributed by atoms with van der Waals surface area (Å²) in [5.41, 5.74) is 0.996. The minimum absolute atomic E-state index is 0.299. The topological polar surface area (TPSA) is 30.7 Å². The monoisotopic (exact) mass is 363 g/mol. The molecular weight excluding hydrogens is 354 g/mol. The Morgan fingerprint density at radius 1 is 1.56 bits per heavy atom. The molecule has 2 aromatic heterocycles. The summed E-state index contributed by atoms with van der Waals surface area (Å²) in [6.45, 7) is 2.89. The molecule has 2 rings (SSSR count). The largest absolute Gasteiger partial charge is 0.247 e. The summed E-state index contributed by atoms with van der Waals surface area (Å²) in [6, 6.07) is 2.05. The van der Waals surface area contributed by atoms with E-state index in [0.717, 1.165) is 23.1 Å². The van der Waals surface area contributed by atoms with Gasteiger partial charge in [0.05, 0.1) is 17.1 Å². The van der Waals surface area contributed by atoms with Gasteiger partial charge < -0.3 is 0 Å². The van der Waals surface area contributed by atoms with Gasteiger partial charge in [-0.15, -0.1) is 16.4 Å². The van der Waals surface area contributed by atoms with Crippen molar-refractivity contribution >= 4 is 43.2 Å². The molecule has 86 valence electrons. The van der Waals surface area contributed by atoms with Crippen molar-refractivity contribution in [2.24, 2.45) is 0 Å². The van der Waals surface area contributed by atoms with E-state index in [9.17, 15) is 0 Å². The predicted molar refractivity (Wildman–Crippen MR) is 73.1 cm³/mol. The molecule has 0 saturated carbocycles. The molecule has 0 aliphatic rings. The van der Waals surface area contributed by atoms with Gasteiger partial charge in [0.15, 0.2) is 0 Å². The van der Waals surface area contributed by atoms with Gasteiger partial charge in [-0.25, -0.2) is 4.68 Å². The molecule has 0 spiro atoms. The van der Waals surface area contributed by atoms with E-state index < -0.39 is 0 Å². The lowest BCUT2D eigenvalue weighted by Crippen LogP contribution is -1.98. The van der Waals surface area contributed by atoms with Gasteiger partial charge in [0.1, 0.15) is 0 Å². The standard InChI is InChI=1S/C10H11Br2N3S/c1-2-7(11)9-5-15(14-13-9)6-10-8(12)3-4-16-10/h3-5,7H,2,6H2,1H3. The van der Waals surface area contributed by atoms with Gasteiger partial charge in [-0.05, 0) is 33.8 Å². The van der Waals surface area contributed by atoms with E-state index in [1.807, 2.05) is 10.9 Å². The second-order valence-corrected chi connectivity index (χ2v) is 6.37. The van der Waals surface area contributed by atoms with Crippen molar-refractivity contribution in [2.75, 3.05) is 0 Å². The van der Waals surface area contributed by atoms with Crippen LogP contribution in [0.1, 0.15) is 28.7 Å². The Hall–Kier alpha value is -0.200. The van der Waals surface area contributed by atoms with Crippen LogP contribution >= 0.6 is 43.2 Å². The van der Waals surface area contributed by atoms with Gasteiger partial charge in [-0.1, -0.05) is 28.1 Å². The van der Waals surface area contributed by atoms with Gasteiger partial charge >= 0.3 is 0 Å². The molecule has 0 aliphatic heterocycles. The summed E-state index contributed by atoms with van der Waals surface area (Å²) >= 11 is 8.80. The number of thiophene rings is 1. The highest BCUT2D eigenvalue weighted by molar-refractivity contribution is 9.10. The van der Waals surface area contributed by atoms with Crippen LogP contribution in [0, 0.1) is 0 Å². The first-order valence-electron chi connectivity index (χ1n) is 4.96. The smallest absolute Gasteiger partial charge is 0.0963 e. The first kappa shape index (κ1) is 12.3. The Morgan fingerprint density at radius 3 is 3.00 bits per heavy atom. The molecule has 0 fully saturated rings. The van der Waals surface area contributed by atoms with Crippen molar-refractivity contribution < 1.29 is 0 Å². The maximum absolute atomic E-state index is 4.15. The zero-order valence-electron chi connectivity index (χ0n) is 8.73. The Labute approximate surface area is 115 Å². The fraction of sp³-hybridized carbons (Fsp3) is 0.400. The molecule has 0 saturated heterocycles. The second-order valence-electron chi connectivity index (χ2n) is 3.41. The maximum Gasteiger partial charge on any atom is 0.0963 e. The molecule has 0 amide bonds. The van der Waals surface area contributed by atoms with E-state index in [1.54, 1.807) is 11.3 Å². The van der Waals surface area contributed by atoms with E-state index in [1.165, 1.54) is 4.88 Å². The number of hydrogen-bond donors (Lipinski definition) is 0. The first-order chi connectivity index (χ1) is 7.70. The summed E-state index contributed by atoms with van der Waals surface area (Å²) < 4.78 is 3.01. The highest BCUT2D eigenvalue weighted by atomic mass is 79.9. The Kier molecular flexibility index (Phi) is 4.16. The van der Waals surface area contributed by atoms with Gasteiger partial charge in [0.25, 0.3) is 0 Å². The molecular formula is C10H11Br2N3S. The number of aromatic nitrogens is 3. The average molecular weight is 365 g/mol. The Balaban J connectivity index is 2.11. The van der Waals surface area contributed by atoms with Crippen molar-refractivity contribution in [2.45, 2.75) is 24.7 Å². The molecule has 1 unspecified atom stereocenters. The molecule has 0 aliphatic carbocycles. The fourth-order valence-electron chi connectivity index (χ4n) is 1.33. The highest BCUT2D eigenvalue weighted by Gasteiger charge is 2.10. The lowest BCUT2D eigenvalue weighted by Gasteiger charge is -2.00. The number of halogens is 2. The van der Waals surface area contributed by atoms with Crippen LogP contribution in [0.25, 0.3) is 0 Å². The van der Waals surface area contributed by atoms with Gasteiger partial charge in [0, 0.05) is 15.5 Å². The molecule has 0 N–H and O–H groups in total. The zero-order valence-corrected chi connectivity index (χ0v) is 12.7. The minimum atomic E-state index is 0.299. The molecule has 0 radical (unpaired) electrons. The normalized spacial score (nSPS) is 12.9. The van der Waals surface area contributed by atoms with E-state index >= 15 is 0 Å². The van der Waals surface area contributed by atoms with Crippen molar-refractivity contribution in [3.63, 3.8) is 0 Å². The van der Waals surface area contributed by atoms with Crippen molar-refractivity contribution in [3.05, 3.63) is 32.7 Å².